The van der Waals surface area contributed by atoms with Crippen LogP contribution in [0.1, 0.15) is 0 Å². The molecule has 0 fully saturated rings. The van der Waals surface area contributed by atoms with Crippen molar-refractivity contribution in [1.29, 1.82) is 0 Å². The van der Waals surface area contributed by atoms with Crippen LogP contribution < -0.4 is 0 Å². The number of fused-ring (bicyclic) bond motifs is 1. The summed E-state index contributed by atoms with van der Waals surface area (Å²) in [5.74, 6) is 0. The minimum absolute atomic E-state index is 0.0848. The van der Waals surface area contributed by atoms with E-state index in [9.17, 15) is 10.1 Å². The van der Waals surface area contributed by atoms with E-state index in [1.807, 2.05) is 23.6 Å². The third-order valence-electron chi connectivity index (χ3n) is 2.71. The normalized spacial score (nSPS) is 10.7. The number of hydrogen-bond donors (Lipinski definition) is 0. The first-order valence-corrected chi connectivity index (χ1v) is 6.21. The van der Waals surface area contributed by atoms with Gasteiger partial charge in [-0.05, 0) is 17.5 Å². The van der Waals surface area contributed by atoms with Gasteiger partial charge in [-0.15, -0.1) is 11.3 Å². The highest BCUT2D eigenvalue weighted by Crippen LogP contribution is 2.31. The zero-order valence-electron chi connectivity index (χ0n) is 9.24. The number of thiophene rings is 1. The molecule has 2 aromatic heterocycles. The topological polar surface area (TPSA) is 56.0 Å². The van der Waals surface area contributed by atoms with Gasteiger partial charge in [0.2, 0.25) is 0 Å². The first-order valence-electron chi connectivity index (χ1n) is 5.33. The second-order valence-electron chi connectivity index (χ2n) is 3.80. The highest BCUT2D eigenvalue weighted by molar-refractivity contribution is 7.17. The number of benzene rings is 1. The van der Waals surface area contributed by atoms with Gasteiger partial charge in [-0.2, -0.15) is 0 Å². The van der Waals surface area contributed by atoms with Crippen LogP contribution >= 0.6 is 11.3 Å². The first kappa shape index (κ1) is 10.9. The molecule has 0 radical (unpaired) electrons. The lowest BCUT2D eigenvalue weighted by molar-refractivity contribution is -0.384. The van der Waals surface area contributed by atoms with E-state index < -0.39 is 4.92 Å². The summed E-state index contributed by atoms with van der Waals surface area (Å²) in [5.41, 5.74) is 1.65. The zero-order valence-corrected chi connectivity index (χ0v) is 10.1. The monoisotopic (exact) mass is 256 g/mol. The Morgan fingerprint density at radius 2 is 2.11 bits per heavy atom. The van der Waals surface area contributed by atoms with Crippen molar-refractivity contribution in [1.82, 2.24) is 4.98 Å². The van der Waals surface area contributed by atoms with Gasteiger partial charge < -0.3 is 0 Å². The Morgan fingerprint density at radius 1 is 1.22 bits per heavy atom. The van der Waals surface area contributed by atoms with Crippen molar-refractivity contribution < 1.29 is 4.92 Å². The first-order chi connectivity index (χ1) is 8.75. The van der Waals surface area contributed by atoms with Gasteiger partial charge in [-0.3, -0.25) is 15.1 Å². The van der Waals surface area contributed by atoms with Crippen molar-refractivity contribution in [3.8, 4) is 11.3 Å². The second kappa shape index (κ2) is 4.19. The third kappa shape index (κ3) is 1.74. The zero-order chi connectivity index (χ0) is 12.5. The Labute approximate surface area is 107 Å². The fourth-order valence-corrected chi connectivity index (χ4v) is 2.67. The molecule has 0 aliphatic carbocycles. The van der Waals surface area contributed by atoms with Crippen molar-refractivity contribution in [2.75, 3.05) is 0 Å². The Kier molecular flexibility index (Phi) is 2.53. The molecule has 88 valence electrons. The summed E-state index contributed by atoms with van der Waals surface area (Å²) < 4.78 is 1.13. The molecule has 2 heterocycles. The molecular formula is C13H8N2O2S. The summed E-state index contributed by atoms with van der Waals surface area (Å²) in [6.45, 7) is 0. The van der Waals surface area contributed by atoms with Gasteiger partial charge in [0.25, 0.3) is 5.69 Å². The van der Waals surface area contributed by atoms with Crippen molar-refractivity contribution in [2.45, 2.75) is 0 Å². The fourth-order valence-electron chi connectivity index (χ4n) is 1.89. The summed E-state index contributed by atoms with van der Waals surface area (Å²) >= 11 is 1.63. The molecule has 0 amide bonds. The van der Waals surface area contributed by atoms with E-state index in [0.717, 1.165) is 21.3 Å². The number of nitro groups is 1. The van der Waals surface area contributed by atoms with E-state index in [2.05, 4.69) is 4.98 Å². The van der Waals surface area contributed by atoms with Crippen LogP contribution in [-0.2, 0) is 0 Å². The van der Waals surface area contributed by atoms with Crippen LogP contribution in [0.25, 0.3) is 21.3 Å². The second-order valence-corrected chi connectivity index (χ2v) is 4.75. The summed E-state index contributed by atoms with van der Waals surface area (Å²) in [7, 11) is 0. The maximum Gasteiger partial charge on any atom is 0.270 e. The van der Waals surface area contributed by atoms with Crippen molar-refractivity contribution in [3.05, 3.63) is 58.1 Å². The molecule has 0 bridgehead atoms. The number of hydrogen-bond acceptors (Lipinski definition) is 4. The largest absolute Gasteiger partial charge is 0.270 e. The van der Waals surface area contributed by atoms with E-state index in [1.165, 1.54) is 6.07 Å². The Balaban J connectivity index is 2.23. The van der Waals surface area contributed by atoms with Gasteiger partial charge >= 0.3 is 0 Å². The Hall–Kier alpha value is -2.27. The molecule has 3 aromatic rings. The highest BCUT2D eigenvalue weighted by Gasteiger charge is 2.10. The average Bonchev–Trinajstić information content (AvgIpc) is 2.87. The summed E-state index contributed by atoms with van der Waals surface area (Å²) in [6.07, 6.45) is 1.73. The van der Waals surface area contributed by atoms with Crippen LogP contribution in [0.15, 0.2) is 48.0 Å². The standard InChI is InChI=1S/C13H8N2O2S/c16-15(17)10-3-1-2-9(8-10)13-11-5-7-18-12(11)4-6-14-13/h1-8H. The maximum atomic E-state index is 10.8. The number of pyridine rings is 1. The molecule has 0 saturated carbocycles. The van der Waals surface area contributed by atoms with Crippen molar-refractivity contribution in [2.24, 2.45) is 0 Å². The minimum Gasteiger partial charge on any atom is -0.258 e. The van der Waals surface area contributed by atoms with Crippen molar-refractivity contribution >= 4 is 27.1 Å². The highest BCUT2D eigenvalue weighted by atomic mass is 32.1. The summed E-state index contributed by atoms with van der Waals surface area (Å²) in [5, 5.41) is 13.8. The van der Waals surface area contributed by atoms with Crippen LogP contribution in [0, 0.1) is 10.1 Å². The lowest BCUT2D eigenvalue weighted by Crippen LogP contribution is -1.89. The molecule has 0 atom stereocenters. The lowest BCUT2D eigenvalue weighted by atomic mass is 10.1. The van der Waals surface area contributed by atoms with E-state index >= 15 is 0 Å². The van der Waals surface area contributed by atoms with Crippen LogP contribution in [-0.4, -0.2) is 9.91 Å². The smallest absolute Gasteiger partial charge is 0.258 e. The average molecular weight is 256 g/mol. The summed E-state index contributed by atoms with van der Waals surface area (Å²) in [6, 6.07) is 10.5. The molecule has 0 unspecified atom stereocenters. The van der Waals surface area contributed by atoms with E-state index in [0.29, 0.717) is 0 Å². The number of aromatic nitrogens is 1. The van der Waals surface area contributed by atoms with Gasteiger partial charge in [0.15, 0.2) is 0 Å². The quantitative estimate of drug-likeness (QED) is 0.516. The number of nitro benzene ring substituents is 1. The van der Waals surface area contributed by atoms with Gasteiger partial charge in [-0.1, -0.05) is 12.1 Å². The third-order valence-corrected chi connectivity index (χ3v) is 3.59. The molecule has 0 aliphatic heterocycles. The van der Waals surface area contributed by atoms with E-state index in [4.69, 9.17) is 0 Å². The van der Waals surface area contributed by atoms with Gasteiger partial charge in [0, 0.05) is 34.0 Å². The number of nitrogens with zero attached hydrogens (tertiary/aromatic N) is 2. The molecular weight excluding hydrogens is 248 g/mol. The SMILES string of the molecule is O=[N+]([O-])c1cccc(-c2nccc3sccc23)c1. The Bertz CT molecular complexity index is 736. The predicted octanol–water partition coefficient (Wildman–Crippen LogP) is 3.87. The van der Waals surface area contributed by atoms with Crippen LogP contribution in [0.3, 0.4) is 0 Å². The van der Waals surface area contributed by atoms with Gasteiger partial charge in [0.05, 0.1) is 10.6 Å². The molecule has 1 aromatic carbocycles. The summed E-state index contributed by atoms with van der Waals surface area (Å²) in [4.78, 5) is 14.7. The molecule has 0 spiro atoms. The molecule has 0 saturated heterocycles. The van der Waals surface area contributed by atoms with E-state index in [1.54, 1.807) is 29.7 Å². The predicted molar refractivity (Wildman–Crippen MR) is 71.7 cm³/mol. The van der Waals surface area contributed by atoms with Crippen LogP contribution in [0.2, 0.25) is 0 Å². The van der Waals surface area contributed by atoms with Crippen LogP contribution in [0.5, 0.6) is 0 Å². The maximum absolute atomic E-state index is 10.8. The number of non-ortho nitro benzene ring substituents is 1. The van der Waals surface area contributed by atoms with Gasteiger partial charge in [-0.25, -0.2) is 0 Å². The Morgan fingerprint density at radius 3 is 2.94 bits per heavy atom. The number of rotatable bonds is 2. The molecule has 4 nitrogen and oxygen atoms in total. The van der Waals surface area contributed by atoms with Crippen LogP contribution in [0.4, 0.5) is 5.69 Å². The minimum atomic E-state index is -0.392. The van der Waals surface area contributed by atoms with Gasteiger partial charge in [0.1, 0.15) is 0 Å². The lowest BCUT2D eigenvalue weighted by Gasteiger charge is -2.02. The van der Waals surface area contributed by atoms with Crippen molar-refractivity contribution in [3.63, 3.8) is 0 Å². The molecule has 3 rings (SSSR count). The molecule has 5 heteroatoms. The fraction of sp³-hybridized carbons (Fsp3) is 0. The molecule has 0 N–H and O–H groups in total. The molecule has 0 aliphatic rings. The molecule has 18 heavy (non-hydrogen) atoms. The van der Waals surface area contributed by atoms with E-state index in [-0.39, 0.29) is 5.69 Å².